The predicted molar refractivity (Wildman–Crippen MR) is 85.6 cm³/mol. The van der Waals surface area contributed by atoms with Gasteiger partial charge in [0.2, 0.25) is 0 Å². The summed E-state index contributed by atoms with van der Waals surface area (Å²) in [7, 11) is 0. The highest BCUT2D eigenvalue weighted by atomic mass is 35.5. The summed E-state index contributed by atoms with van der Waals surface area (Å²) in [6.45, 7) is 0. The predicted octanol–water partition coefficient (Wildman–Crippen LogP) is 3.49. The fourth-order valence-electron chi connectivity index (χ4n) is 2.26. The van der Waals surface area contributed by atoms with Crippen LogP contribution >= 0.6 is 34.5 Å². The van der Waals surface area contributed by atoms with E-state index in [9.17, 15) is 9.18 Å². The van der Waals surface area contributed by atoms with Crippen LogP contribution in [0.25, 0.3) is 0 Å². The van der Waals surface area contributed by atoms with Gasteiger partial charge in [-0.1, -0.05) is 29.3 Å². The molecule has 2 unspecified atom stereocenters. The maximum absolute atomic E-state index is 13.5. The molecule has 8 heteroatoms. The summed E-state index contributed by atoms with van der Waals surface area (Å²) in [4.78, 5) is 13.4. The molecule has 0 spiro atoms. The number of thiophene rings is 1. The average molecular weight is 360 g/mol. The van der Waals surface area contributed by atoms with E-state index in [0.29, 0.717) is 6.42 Å². The van der Waals surface area contributed by atoms with E-state index in [0.717, 1.165) is 6.07 Å². The van der Waals surface area contributed by atoms with E-state index in [1.165, 1.54) is 10.9 Å². The molecule has 1 amide bonds. The lowest BCUT2D eigenvalue weighted by Gasteiger charge is -2.13. The van der Waals surface area contributed by atoms with E-state index >= 15 is 0 Å². The van der Waals surface area contributed by atoms with Crippen LogP contribution in [0.2, 0.25) is 10.0 Å². The number of carbonyl (C=O) groups is 1. The van der Waals surface area contributed by atoms with Crippen LogP contribution in [-0.4, -0.2) is 12.1 Å². The van der Waals surface area contributed by atoms with Gasteiger partial charge >= 0.3 is 0 Å². The number of nitrogens with one attached hydrogen (secondary N) is 3. The van der Waals surface area contributed by atoms with E-state index < -0.39 is 11.7 Å². The Hall–Kier alpha value is -1.18. The molecular weight excluding hydrogens is 348 g/mol. The van der Waals surface area contributed by atoms with Gasteiger partial charge in [-0.15, -0.1) is 11.3 Å². The van der Waals surface area contributed by atoms with Crippen LogP contribution in [0.15, 0.2) is 29.6 Å². The van der Waals surface area contributed by atoms with Crippen molar-refractivity contribution in [3.63, 3.8) is 0 Å². The molecule has 0 radical (unpaired) electrons. The second kappa shape index (κ2) is 6.52. The van der Waals surface area contributed by atoms with Crippen molar-refractivity contribution in [1.29, 1.82) is 0 Å². The van der Waals surface area contributed by atoms with Crippen molar-refractivity contribution in [2.75, 3.05) is 0 Å². The molecule has 1 fully saturated rings. The van der Waals surface area contributed by atoms with E-state index in [1.807, 2.05) is 17.5 Å². The summed E-state index contributed by atoms with van der Waals surface area (Å²) in [5.74, 6) is -1.13. The number of amides is 1. The Labute approximate surface area is 140 Å². The number of halogens is 3. The fourth-order valence-corrected chi connectivity index (χ4v) is 3.52. The number of hydrogen-bond donors (Lipinski definition) is 3. The zero-order valence-corrected chi connectivity index (χ0v) is 13.5. The molecule has 1 aliphatic heterocycles. The molecule has 2 atom stereocenters. The van der Waals surface area contributed by atoms with Gasteiger partial charge in [0.25, 0.3) is 5.91 Å². The first-order chi connectivity index (χ1) is 10.5. The van der Waals surface area contributed by atoms with Crippen molar-refractivity contribution >= 4 is 40.4 Å². The lowest BCUT2D eigenvalue weighted by molar-refractivity contribution is 0.0932. The minimum Gasteiger partial charge on any atom is -0.335 e. The number of rotatable bonds is 3. The van der Waals surface area contributed by atoms with E-state index in [1.54, 1.807) is 11.3 Å². The largest absolute Gasteiger partial charge is 0.335 e. The van der Waals surface area contributed by atoms with Crippen LogP contribution in [-0.2, 0) is 0 Å². The summed E-state index contributed by atoms with van der Waals surface area (Å²) >= 11 is 13.2. The van der Waals surface area contributed by atoms with Gasteiger partial charge in [0, 0.05) is 11.3 Å². The topological polar surface area (TPSA) is 53.2 Å². The molecule has 1 aromatic heterocycles. The van der Waals surface area contributed by atoms with Crippen molar-refractivity contribution in [3.8, 4) is 0 Å². The van der Waals surface area contributed by atoms with Crippen LogP contribution in [0.5, 0.6) is 0 Å². The summed E-state index contributed by atoms with van der Waals surface area (Å²) in [5.41, 5.74) is 6.18. The fraction of sp³-hybridized carbons (Fsp3) is 0.214. The highest BCUT2D eigenvalue weighted by Crippen LogP contribution is 2.27. The van der Waals surface area contributed by atoms with Crippen molar-refractivity contribution in [3.05, 3.63) is 55.9 Å². The quantitative estimate of drug-likeness (QED) is 0.735. The molecule has 4 nitrogen and oxygen atoms in total. The third kappa shape index (κ3) is 3.26. The molecule has 1 aliphatic rings. The molecule has 3 N–H and O–H groups in total. The highest BCUT2D eigenvalue weighted by molar-refractivity contribution is 7.10. The monoisotopic (exact) mass is 359 g/mol. The smallest absolute Gasteiger partial charge is 0.254 e. The molecule has 1 aromatic carbocycles. The van der Waals surface area contributed by atoms with Gasteiger partial charge in [-0.05, 0) is 23.6 Å². The van der Waals surface area contributed by atoms with Crippen molar-refractivity contribution in [2.45, 2.75) is 18.6 Å². The van der Waals surface area contributed by atoms with Gasteiger partial charge < -0.3 is 5.32 Å². The minimum atomic E-state index is -0.676. The molecule has 1 saturated heterocycles. The third-order valence-electron chi connectivity index (χ3n) is 3.35. The Balaban J connectivity index is 1.67. The van der Waals surface area contributed by atoms with Crippen molar-refractivity contribution in [1.82, 2.24) is 16.2 Å². The van der Waals surface area contributed by atoms with Gasteiger partial charge in [-0.2, -0.15) is 0 Å². The minimum absolute atomic E-state index is 0.0601. The second-order valence-corrected chi connectivity index (χ2v) is 6.66. The van der Waals surface area contributed by atoms with Crippen molar-refractivity contribution < 1.29 is 9.18 Å². The zero-order valence-electron chi connectivity index (χ0n) is 11.2. The molecule has 2 aromatic rings. The van der Waals surface area contributed by atoms with Crippen LogP contribution in [0.3, 0.4) is 0 Å². The third-order valence-corrected chi connectivity index (χ3v) is 4.94. The van der Waals surface area contributed by atoms with Crippen molar-refractivity contribution in [2.24, 2.45) is 0 Å². The van der Waals surface area contributed by atoms with E-state index in [-0.39, 0.29) is 27.8 Å². The second-order valence-electron chi connectivity index (χ2n) is 4.86. The van der Waals surface area contributed by atoms with E-state index in [2.05, 4.69) is 16.2 Å². The molecule has 0 aliphatic carbocycles. The van der Waals surface area contributed by atoms with Gasteiger partial charge in [-0.3, -0.25) is 4.79 Å². The number of benzene rings is 1. The Morgan fingerprint density at radius 1 is 1.32 bits per heavy atom. The lowest BCUT2D eigenvalue weighted by atomic mass is 10.1. The zero-order chi connectivity index (χ0) is 15.7. The first-order valence-electron chi connectivity index (χ1n) is 6.54. The summed E-state index contributed by atoms with van der Waals surface area (Å²) < 4.78 is 13.5. The van der Waals surface area contributed by atoms with E-state index in [4.69, 9.17) is 23.2 Å². The van der Waals surface area contributed by atoms with Crippen LogP contribution in [0, 0.1) is 5.82 Å². The van der Waals surface area contributed by atoms with Crippen LogP contribution in [0.1, 0.15) is 27.7 Å². The molecule has 116 valence electrons. The first kappa shape index (κ1) is 15.7. The normalized spacial score (nSPS) is 21.0. The molecule has 3 rings (SSSR count). The maximum Gasteiger partial charge on any atom is 0.254 e. The SMILES string of the molecule is O=C(NC1CC(c2cccs2)NN1)c1cc(F)c(Cl)cc1Cl. The molecular formula is C14H12Cl2FN3OS. The Morgan fingerprint density at radius 2 is 2.14 bits per heavy atom. The molecule has 0 bridgehead atoms. The maximum atomic E-state index is 13.5. The van der Waals surface area contributed by atoms with Gasteiger partial charge in [0.05, 0.1) is 27.8 Å². The van der Waals surface area contributed by atoms with Crippen LogP contribution < -0.4 is 16.2 Å². The lowest BCUT2D eigenvalue weighted by Crippen LogP contribution is -2.44. The molecule has 0 saturated carbocycles. The summed E-state index contributed by atoms with van der Waals surface area (Å²) in [5, 5.41) is 4.78. The van der Waals surface area contributed by atoms with Gasteiger partial charge in [0.15, 0.2) is 0 Å². The van der Waals surface area contributed by atoms with Gasteiger partial charge in [-0.25, -0.2) is 15.2 Å². The number of carbonyl (C=O) groups excluding carboxylic acids is 1. The summed E-state index contributed by atoms with van der Waals surface area (Å²) in [6.07, 6.45) is 0.411. The number of hydrogen-bond acceptors (Lipinski definition) is 4. The molecule has 2 heterocycles. The Bertz CT molecular complexity index is 696. The Morgan fingerprint density at radius 3 is 2.86 bits per heavy atom. The van der Waals surface area contributed by atoms with Gasteiger partial charge in [0.1, 0.15) is 5.82 Å². The highest BCUT2D eigenvalue weighted by Gasteiger charge is 2.27. The number of hydrazine groups is 1. The first-order valence-corrected chi connectivity index (χ1v) is 8.18. The summed E-state index contributed by atoms with van der Waals surface area (Å²) in [6, 6.07) is 6.40. The standard InChI is InChI=1S/C14H12Cl2FN3OS/c15-8-5-9(16)10(17)4-7(8)14(21)18-13-6-11(19-20-13)12-2-1-3-22-12/h1-5,11,13,19-20H,6H2,(H,18,21). The molecule has 22 heavy (non-hydrogen) atoms. The van der Waals surface area contributed by atoms with Crippen LogP contribution in [0.4, 0.5) is 4.39 Å². The Kier molecular flexibility index (Phi) is 4.65. The average Bonchev–Trinajstić information content (AvgIpc) is 3.13.